The Kier molecular flexibility index (Phi) is 2.39. The highest BCUT2D eigenvalue weighted by molar-refractivity contribution is 5.84. The SMILES string of the molecule is C[NH2+]c1cccc(C)c1C=N. The van der Waals surface area contributed by atoms with Gasteiger partial charge in [-0.3, -0.25) is 0 Å². The first-order chi connectivity index (χ1) is 5.29. The monoisotopic (exact) mass is 149 g/mol. The number of hydrogen-bond acceptors (Lipinski definition) is 1. The highest BCUT2D eigenvalue weighted by Gasteiger charge is 2.02. The highest BCUT2D eigenvalue weighted by atomic mass is 14.8. The molecular formula is C9H13N2+. The topological polar surface area (TPSA) is 40.5 Å². The van der Waals surface area contributed by atoms with E-state index in [0.29, 0.717) is 0 Å². The van der Waals surface area contributed by atoms with Gasteiger partial charge in [-0.2, -0.15) is 0 Å². The predicted molar refractivity (Wildman–Crippen MR) is 46.6 cm³/mol. The first kappa shape index (κ1) is 7.95. The lowest BCUT2D eigenvalue weighted by atomic mass is 10.1. The molecule has 0 amide bonds. The molecule has 2 heteroatoms. The summed E-state index contributed by atoms with van der Waals surface area (Å²) in [7, 11) is 1.99. The maximum Gasteiger partial charge on any atom is 0.138 e. The minimum atomic E-state index is 1.02. The quantitative estimate of drug-likeness (QED) is 0.461. The van der Waals surface area contributed by atoms with Crippen molar-refractivity contribution >= 4 is 11.9 Å². The van der Waals surface area contributed by atoms with Crippen LogP contribution < -0.4 is 5.32 Å². The molecule has 0 atom stereocenters. The molecule has 0 bridgehead atoms. The van der Waals surface area contributed by atoms with E-state index in [-0.39, 0.29) is 0 Å². The van der Waals surface area contributed by atoms with Crippen LogP contribution in [0.3, 0.4) is 0 Å². The van der Waals surface area contributed by atoms with Crippen LogP contribution >= 0.6 is 0 Å². The second-order valence-corrected chi connectivity index (χ2v) is 2.51. The van der Waals surface area contributed by atoms with E-state index in [1.54, 1.807) is 0 Å². The standard InChI is InChI=1S/C9H12N2/c1-7-4-3-5-9(11-2)8(7)6-10/h3-6,10-11H,1-2H3/p+1. The summed E-state index contributed by atoms with van der Waals surface area (Å²) in [6.45, 7) is 2.02. The molecular weight excluding hydrogens is 136 g/mol. The van der Waals surface area contributed by atoms with Crippen molar-refractivity contribution in [2.45, 2.75) is 6.92 Å². The van der Waals surface area contributed by atoms with Crippen LogP contribution in [0.1, 0.15) is 11.1 Å². The van der Waals surface area contributed by atoms with Gasteiger partial charge in [0.25, 0.3) is 0 Å². The Morgan fingerprint density at radius 2 is 2.18 bits per heavy atom. The molecule has 1 rings (SSSR count). The zero-order valence-corrected chi connectivity index (χ0v) is 6.89. The smallest absolute Gasteiger partial charge is 0.138 e. The molecule has 1 aromatic rings. The van der Waals surface area contributed by atoms with E-state index in [1.807, 2.05) is 37.5 Å². The van der Waals surface area contributed by atoms with Crippen LogP contribution in [0.25, 0.3) is 0 Å². The number of aryl methyl sites for hydroxylation is 1. The number of nitrogens with two attached hydrogens (primary N) is 1. The molecule has 0 saturated heterocycles. The van der Waals surface area contributed by atoms with Crippen LogP contribution in [-0.2, 0) is 0 Å². The third-order valence-electron chi connectivity index (χ3n) is 1.81. The Bertz CT molecular complexity index is 266. The number of hydrogen-bond donors (Lipinski definition) is 2. The van der Waals surface area contributed by atoms with Crippen LogP contribution in [0, 0.1) is 12.3 Å². The molecule has 11 heavy (non-hydrogen) atoms. The fourth-order valence-corrected chi connectivity index (χ4v) is 1.15. The van der Waals surface area contributed by atoms with Crippen molar-refractivity contribution in [3.05, 3.63) is 29.3 Å². The molecule has 1 aromatic carbocycles. The Labute approximate surface area is 66.8 Å². The predicted octanol–water partition coefficient (Wildman–Crippen LogP) is 0.817. The minimum Gasteiger partial charge on any atom is -0.316 e. The molecule has 0 aromatic heterocycles. The Morgan fingerprint density at radius 1 is 1.45 bits per heavy atom. The maximum atomic E-state index is 7.18. The van der Waals surface area contributed by atoms with Gasteiger partial charge in [0.15, 0.2) is 0 Å². The fraction of sp³-hybridized carbons (Fsp3) is 0.222. The molecule has 0 aliphatic rings. The lowest BCUT2D eigenvalue weighted by Gasteiger charge is -2.01. The molecule has 0 unspecified atom stereocenters. The van der Waals surface area contributed by atoms with Gasteiger partial charge in [-0.25, -0.2) is 0 Å². The van der Waals surface area contributed by atoms with Crippen molar-refractivity contribution < 1.29 is 5.32 Å². The van der Waals surface area contributed by atoms with Crippen LogP contribution in [0.15, 0.2) is 18.2 Å². The Morgan fingerprint density at radius 3 is 2.64 bits per heavy atom. The summed E-state index contributed by atoms with van der Waals surface area (Å²) in [4.78, 5) is 0. The average Bonchev–Trinajstić information content (AvgIpc) is 2.04. The zero-order valence-electron chi connectivity index (χ0n) is 6.89. The van der Waals surface area contributed by atoms with Crippen LogP contribution in [0.2, 0.25) is 0 Å². The van der Waals surface area contributed by atoms with Gasteiger partial charge in [0.05, 0.1) is 12.6 Å². The molecule has 0 heterocycles. The number of nitrogens with one attached hydrogen (secondary N) is 1. The molecule has 0 spiro atoms. The van der Waals surface area contributed by atoms with Gasteiger partial charge in [-0.15, -0.1) is 0 Å². The normalized spacial score (nSPS) is 9.64. The summed E-state index contributed by atoms with van der Waals surface area (Å²) < 4.78 is 0. The molecule has 58 valence electrons. The van der Waals surface area contributed by atoms with Crippen molar-refractivity contribution in [2.75, 3.05) is 7.05 Å². The van der Waals surface area contributed by atoms with Crippen molar-refractivity contribution in [1.82, 2.24) is 0 Å². The molecule has 0 saturated carbocycles. The second kappa shape index (κ2) is 3.30. The van der Waals surface area contributed by atoms with E-state index in [4.69, 9.17) is 5.41 Å². The van der Waals surface area contributed by atoms with Crippen LogP contribution in [0.5, 0.6) is 0 Å². The zero-order chi connectivity index (χ0) is 8.27. The number of quaternary nitrogens is 1. The molecule has 3 N–H and O–H groups in total. The van der Waals surface area contributed by atoms with Gasteiger partial charge in [-0.1, -0.05) is 12.1 Å². The van der Waals surface area contributed by atoms with Crippen LogP contribution in [-0.4, -0.2) is 13.3 Å². The number of benzene rings is 1. The summed E-state index contributed by atoms with van der Waals surface area (Å²) in [5, 5.41) is 9.20. The first-order valence-electron chi connectivity index (χ1n) is 3.69. The van der Waals surface area contributed by atoms with Crippen molar-refractivity contribution in [2.24, 2.45) is 0 Å². The lowest BCUT2D eigenvalue weighted by Crippen LogP contribution is -2.73. The van der Waals surface area contributed by atoms with Crippen molar-refractivity contribution in [3.8, 4) is 0 Å². The van der Waals surface area contributed by atoms with Crippen molar-refractivity contribution in [1.29, 1.82) is 5.41 Å². The van der Waals surface area contributed by atoms with E-state index in [9.17, 15) is 0 Å². The fourth-order valence-electron chi connectivity index (χ4n) is 1.15. The molecule has 0 aliphatic carbocycles. The molecule has 0 aliphatic heterocycles. The molecule has 0 fully saturated rings. The first-order valence-corrected chi connectivity index (χ1v) is 3.69. The molecule has 2 nitrogen and oxygen atoms in total. The van der Waals surface area contributed by atoms with Gasteiger partial charge >= 0.3 is 0 Å². The van der Waals surface area contributed by atoms with Gasteiger partial charge in [-0.05, 0) is 18.6 Å². The third kappa shape index (κ3) is 1.46. The largest absolute Gasteiger partial charge is 0.316 e. The van der Waals surface area contributed by atoms with Gasteiger partial charge in [0, 0.05) is 6.21 Å². The van der Waals surface area contributed by atoms with Gasteiger partial charge < -0.3 is 10.7 Å². The Balaban J connectivity index is 3.24. The average molecular weight is 149 g/mol. The third-order valence-corrected chi connectivity index (χ3v) is 1.81. The molecule has 0 radical (unpaired) electrons. The van der Waals surface area contributed by atoms with E-state index >= 15 is 0 Å². The summed E-state index contributed by atoms with van der Waals surface area (Å²) >= 11 is 0. The van der Waals surface area contributed by atoms with Crippen LogP contribution in [0.4, 0.5) is 5.69 Å². The highest BCUT2D eigenvalue weighted by Crippen LogP contribution is 2.11. The van der Waals surface area contributed by atoms with E-state index in [1.165, 1.54) is 6.21 Å². The van der Waals surface area contributed by atoms with E-state index in [0.717, 1.165) is 16.8 Å². The van der Waals surface area contributed by atoms with E-state index in [2.05, 4.69) is 0 Å². The summed E-state index contributed by atoms with van der Waals surface area (Å²) in [5.41, 5.74) is 3.32. The van der Waals surface area contributed by atoms with Crippen molar-refractivity contribution in [3.63, 3.8) is 0 Å². The maximum absolute atomic E-state index is 7.18. The van der Waals surface area contributed by atoms with E-state index < -0.39 is 0 Å². The summed E-state index contributed by atoms with van der Waals surface area (Å²) in [6.07, 6.45) is 1.41. The Hall–Kier alpha value is -1.15. The summed E-state index contributed by atoms with van der Waals surface area (Å²) in [5.74, 6) is 0. The number of rotatable bonds is 2. The van der Waals surface area contributed by atoms with Gasteiger partial charge in [0.2, 0.25) is 0 Å². The lowest BCUT2D eigenvalue weighted by molar-refractivity contribution is -0.539. The second-order valence-electron chi connectivity index (χ2n) is 2.51. The van der Waals surface area contributed by atoms with Gasteiger partial charge in [0.1, 0.15) is 5.69 Å². The minimum absolute atomic E-state index is 1.02. The summed E-state index contributed by atoms with van der Waals surface area (Å²) in [6, 6.07) is 6.05.